The Labute approximate surface area is 121 Å². The molecule has 0 fully saturated rings. The van der Waals surface area contributed by atoms with Crippen LogP contribution in [0.5, 0.6) is 0 Å². The van der Waals surface area contributed by atoms with Gasteiger partial charge in [0.15, 0.2) is 0 Å². The maximum absolute atomic E-state index is 10.6. The molecule has 19 heavy (non-hydrogen) atoms. The van der Waals surface area contributed by atoms with Crippen LogP contribution in [0.4, 0.5) is 0 Å². The highest BCUT2D eigenvalue weighted by atomic mass is 35.5. The summed E-state index contributed by atoms with van der Waals surface area (Å²) in [4.78, 5) is 10.6. The molecule has 1 N–H and O–H groups in total. The normalized spacial score (nSPS) is 10.4. The van der Waals surface area contributed by atoms with Gasteiger partial charge in [0.05, 0.1) is 16.5 Å². The molecule has 0 unspecified atom stereocenters. The molecule has 0 bridgehead atoms. The number of aliphatic carboxylic acids is 1. The van der Waals surface area contributed by atoms with Gasteiger partial charge in [0, 0.05) is 0 Å². The second kappa shape index (κ2) is 6.09. The fraction of sp³-hybridized carbons (Fsp3) is 0.133. The minimum Gasteiger partial charge on any atom is -0.481 e. The first kappa shape index (κ1) is 13.9. The molecule has 2 rings (SSSR count). The third-order valence-corrected chi connectivity index (χ3v) is 3.51. The average Bonchev–Trinajstić information content (AvgIpc) is 2.36. The number of hydrogen-bond acceptors (Lipinski definition) is 1. The fourth-order valence-corrected chi connectivity index (χ4v) is 2.16. The number of halogens is 2. The highest BCUT2D eigenvalue weighted by Gasteiger charge is 2.03. The lowest BCUT2D eigenvalue weighted by Gasteiger charge is -2.05. The lowest BCUT2D eigenvalue weighted by molar-refractivity contribution is -0.136. The number of carbonyl (C=O) groups is 1. The molecule has 0 atom stereocenters. The van der Waals surface area contributed by atoms with Gasteiger partial charge >= 0.3 is 5.97 Å². The highest BCUT2D eigenvalue weighted by Crippen LogP contribution is 2.24. The molecule has 0 aliphatic carbocycles. The molecule has 98 valence electrons. The Morgan fingerprint density at radius 1 is 0.895 bits per heavy atom. The summed E-state index contributed by atoms with van der Waals surface area (Å²) in [5, 5.41) is 9.79. The molecule has 2 nitrogen and oxygen atoms in total. The van der Waals surface area contributed by atoms with E-state index in [1.165, 1.54) is 0 Å². The summed E-state index contributed by atoms with van der Waals surface area (Å²) in [7, 11) is 0. The summed E-state index contributed by atoms with van der Waals surface area (Å²) >= 11 is 11.8. The third-order valence-electron chi connectivity index (χ3n) is 2.77. The Morgan fingerprint density at radius 3 is 2.05 bits per heavy atom. The molecular formula is C15H12Cl2O2. The molecule has 2 aromatic rings. The van der Waals surface area contributed by atoms with Gasteiger partial charge in [-0.05, 0) is 35.2 Å². The lowest BCUT2D eigenvalue weighted by Crippen LogP contribution is -2.00. The van der Waals surface area contributed by atoms with Crippen molar-refractivity contribution in [2.75, 3.05) is 0 Å². The largest absolute Gasteiger partial charge is 0.481 e. The van der Waals surface area contributed by atoms with Gasteiger partial charge in [-0.25, -0.2) is 0 Å². The summed E-state index contributed by atoms with van der Waals surface area (Å²) in [6, 6.07) is 13.1. The van der Waals surface area contributed by atoms with Crippen LogP contribution in [0.2, 0.25) is 10.0 Å². The molecule has 0 saturated carbocycles. The van der Waals surface area contributed by atoms with Crippen molar-refractivity contribution in [2.45, 2.75) is 12.8 Å². The van der Waals surface area contributed by atoms with E-state index in [9.17, 15) is 4.79 Å². The number of rotatable bonds is 4. The minimum atomic E-state index is -0.822. The molecule has 0 aliphatic heterocycles. The fourth-order valence-electron chi connectivity index (χ4n) is 1.83. The van der Waals surface area contributed by atoms with Crippen LogP contribution in [0.3, 0.4) is 0 Å². The average molecular weight is 295 g/mol. The predicted octanol–water partition coefficient (Wildman–Crippen LogP) is 4.21. The molecule has 0 amide bonds. The molecule has 0 aliphatic rings. The highest BCUT2D eigenvalue weighted by molar-refractivity contribution is 6.42. The SMILES string of the molecule is O=C(O)Cc1ccc(Cc2ccc(Cl)c(Cl)c2)cc1. The first-order valence-corrected chi connectivity index (χ1v) is 6.54. The van der Waals surface area contributed by atoms with Gasteiger partial charge in [0.25, 0.3) is 0 Å². The smallest absolute Gasteiger partial charge is 0.307 e. The number of carboxylic acids is 1. The van der Waals surface area contributed by atoms with Crippen molar-refractivity contribution in [1.29, 1.82) is 0 Å². The Hall–Kier alpha value is -1.51. The Balaban J connectivity index is 2.10. The van der Waals surface area contributed by atoms with E-state index in [-0.39, 0.29) is 6.42 Å². The van der Waals surface area contributed by atoms with E-state index in [0.29, 0.717) is 10.0 Å². The van der Waals surface area contributed by atoms with E-state index in [0.717, 1.165) is 23.1 Å². The lowest BCUT2D eigenvalue weighted by atomic mass is 10.0. The first-order valence-electron chi connectivity index (χ1n) is 5.78. The topological polar surface area (TPSA) is 37.3 Å². The summed E-state index contributed by atoms with van der Waals surface area (Å²) in [5.41, 5.74) is 2.97. The molecule has 0 spiro atoms. The Morgan fingerprint density at radius 2 is 1.47 bits per heavy atom. The van der Waals surface area contributed by atoms with Crippen molar-refractivity contribution in [3.05, 3.63) is 69.2 Å². The van der Waals surface area contributed by atoms with Crippen LogP contribution >= 0.6 is 23.2 Å². The maximum atomic E-state index is 10.6. The van der Waals surface area contributed by atoms with Gasteiger partial charge in [-0.2, -0.15) is 0 Å². The monoisotopic (exact) mass is 294 g/mol. The quantitative estimate of drug-likeness (QED) is 0.917. The number of hydrogen-bond donors (Lipinski definition) is 1. The second-order valence-electron chi connectivity index (χ2n) is 4.31. The third kappa shape index (κ3) is 3.98. The summed E-state index contributed by atoms with van der Waals surface area (Å²) in [6.07, 6.45) is 0.789. The predicted molar refractivity (Wildman–Crippen MR) is 77.0 cm³/mol. The van der Waals surface area contributed by atoms with E-state index in [1.54, 1.807) is 6.07 Å². The molecule has 0 heterocycles. The summed E-state index contributed by atoms with van der Waals surface area (Å²) in [6.45, 7) is 0. The molecule has 4 heteroatoms. The molecule has 0 saturated heterocycles. The van der Waals surface area contributed by atoms with Gasteiger partial charge in [-0.15, -0.1) is 0 Å². The van der Waals surface area contributed by atoms with E-state index in [1.807, 2.05) is 36.4 Å². The minimum absolute atomic E-state index is 0.0487. The van der Waals surface area contributed by atoms with E-state index >= 15 is 0 Å². The molecule has 0 radical (unpaired) electrons. The zero-order chi connectivity index (χ0) is 13.8. The van der Waals surface area contributed by atoms with E-state index in [2.05, 4.69) is 0 Å². The second-order valence-corrected chi connectivity index (χ2v) is 5.13. The summed E-state index contributed by atoms with van der Waals surface area (Å²) in [5.74, 6) is -0.822. The van der Waals surface area contributed by atoms with Gasteiger partial charge in [0.1, 0.15) is 0 Å². The van der Waals surface area contributed by atoms with Gasteiger partial charge in [-0.3, -0.25) is 4.79 Å². The Kier molecular flexibility index (Phi) is 4.46. The van der Waals surface area contributed by atoms with Crippen molar-refractivity contribution in [3.63, 3.8) is 0 Å². The number of benzene rings is 2. The van der Waals surface area contributed by atoms with Gasteiger partial charge in [0.2, 0.25) is 0 Å². The van der Waals surface area contributed by atoms with E-state index in [4.69, 9.17) is 28.3 Å². The first-order chi connectivity index (χ1) is 9.04. The van der Waals surface area contributed by atoms with Gasteiger partial charge < -0.3 is 5.11 Å². The van der Waals surface area contributed by atoms with Crippen molar-refractivity contribution in [3.8, 4) is 0 Å². The van der Waals surface area contributed by atoms with Crippen LogP contribution in [0.25, 0.3) is 0 Å². The zero-order valence-electron chi connectivity index (χ0n) is 10.1. The molecule has 2 aromatic carbocycles. The van der Waals surface area contributed by atoms with E-state index < -0.39 is 5.97 Å². The van der Waals surface area contributed by atoms with Crippen molar-refractivity contribution in [1.82, 2.24) is 0 Å². The van der Waals surface area contributed by atoms with Crippen LogP contribution in [-0.4, -0.2) is 11.1 Å². The Bertz CT molecular complexity index is 592. The van der Waals surface area contributed by atoms with Crippen LogP contribution < -0.4 is 0 Å². The molecular weight excluding hydrogens is 283 g/mol. The summed E-state index contributed by atoms with van der Waals surface area (Å²) < 4.78 is 0. The van der Waals surface area contributed by atoms with Crippen molar-refractivity contribution >= 4 is 29.2 Å². The zero-order valence-corrected chi connectivity index (χ0v) is 11.6. The van der Waals surface area contributed by atoms with Crippen molar-refractivity contribution in [2.24, 2.45) is 0 Å². The number of carboxylic acid groups (broad SMARTS) is 1. The molecule has 0 aromatic heterocycles. The van der Waals surface area contributed by atoms with Crippen molar-refractivity contribution < 1.29 is 9.90 Å². The van der Waals surface area contributed by atoms with Gasteiger partial charge in [-0.1, -0.05) is 53.5 Å². The standard InChI is InChI=1S/C15H12Cl2O2/c16-13-6-5-12(8-14(13)17)7-10-1-3-11(4-2-10)9-15(18)19/h1-6,8H,7,9H2,(H,18,19). The van der Waals surface area contributed by atoms with Crippen LogP contribution in [-0.2, 0) is 17.6 Å². The maximum Gasteiger partial charge on any atom is 0.307 e. The van der Waals surface area contributed by atoms with Crippen LogP contribution in [0.15, 0.2) is 42.5 Å². The van der Waals surface area contributed by atoms with Crippen LogP contribution in [0, 0.1) is 0 Å². The van der Waals surface area contributed by atoms with Crippen LogP contribution in [0.1, 0.15) is 16.7 Å².